The van der Waals surface area contributed by atoms with Crippen LogP contribution in [0.15, 0.2) is 0 Å². The summed E-state index contributed by atoms with van der Waals surface area (Å²) in [5, 5.41) is 3.42. The smallest absolute Gasteiger partial charge is 0.0162 e. The van der Waals surface area contributed by atoms with Gasteiger partial charge in [-0.15, -0.1) is 0 Å². The molecule has 0 aliphatic rings. The molecule has 0 saturated carbocycles. The molecule has 0 aliphatic carbocycles. The fraction of sp³-hybridized carbons (Fsp3) is 1.00. The summed E-state index contributed by atoms with van der Waals surface area (Å²) >= 11 is 0. The van der Waals surface area contributed by atoms with E-state index in [2.05, 4.69) is 55.4 Å². The van der Waals surface area contributed by atoms with E-state index in [0.717, 1.165) is 21.0 Å². The highest BCUT2D eigenvalue weighted by atomic mass is 32.3. The number of rotatable bonds is 4. The van der Waals surface area contributed by atoms with Gasteiger partial charge in [-0.2, -0.15) is 0 Å². The standard InChI is InChI=1S/C12H28S/c1-9(2)13(10(3)4,11(5)6)12(7)8/h9-12H,1-8H3. The van der Waals surface area contributed by atoms with Crippen LogP contribution in [0.4, 0.5) is 0 Å². The molecule has 0 aromatic carbocycles. The highest BCUT2D eigenvalue weighted by Gasteiger charge is 2.36. The Morgan fingerprint density at radius 3 is 0.615 bits per heavy atom. The zero-order chi connectivity index (χ0) is 10.8. The third kappa shape index (κ3) is 2.23. The van der Waals surface area contributed by atoms with Gasteiger partial charge in [-0.3, -0.25) is 0 Å². The Balaban J connectivity index is 5.06. The van der Waals surface area contributed by atoms with E-state index < -0.39 is 10.0 Å². The van der Waals surface area contributed by atoms with Gasteiger partial charge in [0.15, 0.2) is 0 Å². The molecule has 0 aliphatic heterocycles. The van der Waals surface area contributed by atoms with E-state index in [0.29, 0.717) is 0 Å². The molecule has 0 amide bonds. The quantitative estimate of drug-likeness (QED) is 0.636. The van der Waals surface area contributed by atoms with Crippen molar-refractivity contribution in [3.8, 4) is 0 Å². The van der Waals surface area contributed by atoms with Crippen molar-refractivity contribution in [1.29, 1.82) is 0 Å². The molecule has 0 atom stereocenters. The van der Waals surface area contributed by atoms with Crippen LogP contribution in [0.25, 0.3) is 0 Å². The highest BCUT2D eigenvalue weighted by molar-refractivity contribution is 8.35. The van der Waals surface area contributed by atoms with Crippen molar-refractivity contribution in [3.05, 3.63) is 0 Å². The molecule has 0 saturated heterocycles. The summed E-state index contributed by atoms with van der Waals surface area (Å²) < 4.78 is 0. The lowest BCUT2D eigenvalue weighted by Crippen LogP contribution is -2.34. The van der Waals surface area contributed by atoms with Crippen molar-refractivity contribution in [2.24, 2.45) is 0 Å². The van der Waals surface area contributed by atoms with Gasteiger partial charge in [0, 0.05) is 0 Å². The normalized spacial score (nSPS) is 15.1. The van der Waals surface area contributed by atoms with Crippen LogP contribution < -0.4 is 0 Å². The molecular weight excluding hydrogens is 176 g/mol. The molecule has 0 fully saturated rings. The van der Waals surface area contributed by atoms with Gasteiger partial charge in [0.1, 0.15) is 0 Å². The van der Waals surface area contributed by atoms with Crippen LogP contribution in [0.1, 0.15) is 55.4 Å². The van der Waals surface area contributed by atoms with Crippen LogP contribution in [-0.2, 0) is 0 Å². The minimum atomic E-state index is -0.463. The average molecular weight is 204 g/mol. The Morgan fingerprint density at radius 2 is 0.615 bits per heavy atom. The molecule has 0 bridgehead atoms. The first-order valence-corrected chi connectivity index (χ1v) is 7.45. The van der Waals surface area contributed by atoms with E-state index in [-0.39, 0.29) is 0 Å². The maximum absolute atomic E-state index is 2.41. The Kier molecular flexibility index (Phi) is 4.85. The predicted octanol–water partition coefficient (Wildman–Crippen LogP) is 4.42. The second kappa shape index (κ2) is 4.72. The van der Waals surface area contributed by atoms with Crippen molar-refractivity contribution < 1.29 is 0 Å². The van der Waals surface area contributed by atoms with E-state index in [1.54, 1.807) is 0 Å². The lowest BCUT2D eigenvalue weighted by atomic mass is 10.5. The first-order valence-electron chi connectivity index (χ1n) is 5.56. The van der Waals surface area contributed by atoms with Crippen LogP contribution in [0, 0.1) is 0 Å². The molecule has 0 nitrogen and oxygen atoms in total. The largest absolute Gasteiger partial charge is 0.232 e. The Labute approximate surface area is 86.8 Å². The summed E-state index contributed by atoms with van der Waals surface area (Å²) in [5.74, 6) is 0. The van der Waals surface area contributed by atoms with Crippen LogP contribution in [0.2, 0.25) is 0 Å². The van der Waals surface area contributed by atoms with Crippen LogP contribution in [0.5, 0.6) is 0 Å². The second-order valence-corrected chi connectivity index (χ2v) is 10.4. The summed E-state index contributed by atoms with van der Waals surface area (Å²) in [5.41, 5.74) is 0. The third-order valence-electron chi connectivity index (χ3n) is 3.27. The van der Waals surface area contributed by atoms with Gasteiger partial charge in [-0.1, -0.05) is 55.4 Å². The third-order valence-corrected chi connectivity index (χ3v) is 9.80. The Morgan fingerprint density at radius 1 is 0.462 bits per heavy atom. The molecule has 0 heterocycles. The topological polar surface area (TPSA) is 0 Å². The minimum Gasteiger partial charge on any atom is -0.232 e. The van der Waals surface area contributed by atoms with Crippen molar-refractivity contribution in [3.63, 3.8) is 0 Å². The molecule has 1 heteroatoms. The number of hydrogen-bond donors (Lipinski definition) is 0. The highest BCUT2D eigenvalue weighted by Crippen LogP contribution is 2.63. The van der Waals surface area contributed by atoms with Crippen molar-refractivity contribution >= 4 is 10.0 Å². The Hall–Kier alpha value is 0.350. The van der Waals surface area contributed by atoms with E-state index in [4.69, 9.17) is 0 Å². The number of hydrogen-bond acceptors (Lipinski definition) is 0. The first kappa shape index (κ1) is 13.4. The summed E-state index contributed by atoms with van der Waals surface area (Å²) in [4.78, 5) is 0. The van der Waals surface area contributed by atoms with E-state index >= 15 is 0 Å². The average Bonchev–Trinajstić information content (AvgIpc) is 1.82. The summed E-state index contributed by atoms with van der Waals surface area (Å²) in [6.07, 6.45) is 0. The van der Waals surface area contributed by atoms with Gasteiger partial charge in [0.25, 0.3) is 0 Å². The van der Waals surface area contributed by atoms with E-state index in [9.17, 15) is 0 Å². The predicted molar refractivity (Wildman–Crippen MR) is 68.1 cm³/mol. The molecule has 0 aromatic heterocycles. The van der Waals surface area contributed by atoms with Crippen LogP contribution in [0.3, 0.4) is 0 Å². The van der Waals surface area contributed by atoms with Gasteiger partial charge in [-0.05, 0) is 21.0 Å². The fourth-order valence-electron chi connectivity index (χ4n) is 3.27. The first-order chi connectivity index (χ1) is 5.77. The summed E-state index contributed by atoms with van der Waals surface area (Å²) in [6, 6.07) is 0. The zero-order valence-electron chi connectivity index (χ0n) is 10.7. The van der Waals surface area contributed by atoms with Crippen molar-refractivity contribution in [2.45, 2.75) is 76.4 Å². The van der Waals surface area contributed by atoms with E-state index in [1.165, 1.54) is 0 Å². The fourth-order valence-corrected chi connectivity index (χ4v) is 9.80. The molecule has 0 aromatic rings. The van der Waals surface area contributed by atoms with Crippen molar-refractivity contribution in [1.82, 2.24) is 0 Å². The SMILES string of the molecule is CC(C)S(C(C)C)(C(C)C)C(C)C. The minimum absolute atomic E-state index is 0.463. The van der Waals surface area contributed by atoms with Gasteiger partial charge in [0.05, 0.1) is 0 Å². The van der Waals surface area contributed by atoms with Gasteiger partial charge in [-0.25, -0.2) is 10.0 Å². The molecule has 0 rings (SSSR count). The van der Waals surface area contributed by atoms with Gasteiger partial charge < -0.3 is 0 Å². The van der Waals surface area contributed by atoms with Crippen LogP contribution >= 0.6 is 10.0 Å². The van der Waals surface area contributed by atoms with Gasteiger partial charge in [0.2, 0.25) is 0 Å². The second-order valence-electron chi connectivity index (χ2n) is 5.01. The molecule has 0 unspecified atom stereocenters. The van der Waals surface area contributed by atoms with E-state index in [1.807, 2.05) is 0 Å². The maximum atomic E-state index is 2.41. The molecule has 82 valence electrons. The molecule has 0 radical (unpaired) electrons. The molecule has 0 N–H and O–H groups in total. The van der Waals surface area contributed by atoms with Crippen LogP contribution in [-0.4, -0.2) is 21.0 Å². The summed E-state index contributed by atoms with van der Waals surface area (Å²) in [6.45, 7) is 19.3. The zero-order valence-corrected chi connectivity index (χ0v) is 11.5. The lowest BCUT2D eigenvalue weighted by Gasteiger charge is -2.55. The Bertz CT molecular complexity index is 108. The van der Waals surface area contributed by atoms with Gasteiger partial charge >= 0.3 is 0 Å². The molecule has 13 heavy (non-hydrogen) atoms. The maximum Gasteiger partial charge on any atom is -0.0162 e. The van der Waals surface area contributed by atoms with Crippen molar-refractivity contribution in [2.75, 3.05) is 0 Å². The monoisotopic (exact) mass is 204 g/mol. The molecule has 0 spiro atoms. The molecular formula is C12H28S. The lowest BCUT2D eigenvalue weighted by molar-refractivity contribution is 0.894. The summed E-state index contributed by atoms with van der Waals surface area (Å²) in [7, 11) is -0.463.